The van der Waals surface area contributed by atoms with Gasteiger partial charge in [0.1, 0.15) is 0 Å². The Kier molecular flexibility index (Phi) is 6.21. The van der Waals surface area contributed by atoms with Crippen molar-refractivity contribution in [1.82, 2.24) is 10.2 Å². The molecule has 1 aliphatic heterocycles. The maximum atomic E-state index is 10.5. The number of rotatable bonds is 5. The summed E-state index contributed by atoms with van der Waals surface area (Å²) < 4.78 is 0. The van der Waals surface area contributed by atoms with Crippen LogP contribution in [0.1, 0.15) is 12.0 Å². The molecule has 0 aromatic heterocycles. The highest BCUT2D eigenvalue weighted by molar-refractivity contribution is 5.85. The Morgan fingerprint density at radius 2 is 2.11 bits per heavy atom. The second-order valence-electron chi connectivity index (χ2n) is 4.80. The van der Waals surface area contributed by atoms with Crippen LogP contribution < -0.4 is 5.32 Å². The van der Waals surface area contributed by atoms with Gasteiger partial charge in [0.15, 0.2) is 0 Å². The molecule has 2 rings (SSSR count). The van der Waals surface area contributed by atoms with E-state index in [1.165, 1.54) is 6.42 Å². The van der Waals surface area contributed by atoms with Crippen LogP contribution in [0.5, 0.6) is 0 Å². The van der Waals surface area contributed by atoms with E-state index in [9.17, 15) is 10.1 Å². The van der Waals surface area contributed by atoms with Crippen molar-refractivity contribution in [2.24, 2.45) is 0 Å². The fourth-order valence-corrected chi connectivity index (χ4v) is 2.29. The first kappa shape index (κ1) is 15.9. The molecule has 19 heavy (non-hydrogen) atoms. The quantitative estimate of drug-likeness (QED) is 0.663. The molecule has 1 atom stereocenters. The third-order valence-corrected chi connectivity index (χ3v) is 3.56. The van der Waals surface area contributed by atoms with Gasteiger partial charge in [-0.05, 0) is 32.0 Å². The Labute approximate surface area is 119 Å². The highest BCUT2D eigenvalue weighted by Crippen LogP contribution is 2.13. The van der Waals surface area contributed by atoms with Crippen molar-refractivity contribution in [2.75, 3.05) is 26.7 Å². The van der Waals surface area contributed by atoms with Gasteiger partial charge in [-0.2, -0.15) is 0 Å². The summed E-state index contributed by atoms with van der Waals surface area (Å²) in [4.78, 5) is 12.5. The maximum Gasteiger partial charge on any atom is 0.269 e. The number of non-ortho nitro benzene ring substituents is 1. The van der Waals surface area contributed by atoms with Crippen LogP contribution in [0.15, 0.2) is 24.3 Å². The summed E-state index contributed by atoms with van der Waals surface area (Å²) in [7, 11) is 2.14. The predicted octanol–water partition coefficient (Wildman–Crippen LogP) is 1.85. The minimum atomic E-state index is -0.361. The van der Waals surface area contributed by atoms with Crippen molar-refractivity contribution in [2.45, 2.75) is 18.9 Å². The van der Waals surface area contributed by atoms with E-state index in [0.29, 0.717) is 6.04 Å². The van der Waals surface area contributed by atoms with Gasteiger partial charge in [-0.15, -0.1) is 12.4 Å². The second-order valence-corrected chi connectivity index (χ2v) is 4.80. The van der Waals surface area contributed by atoms with Gasteiger partial charge in [0.2, 0.25) is 0 Å². The van der Waals surface area contributed by atoms with Crippen molar-refractivity contribution in [1.29, 1.82) is 0 Å². The molecule has 0 aliphatic carbocycles. The number of likely N-dealkylation sites (N-methyl/N-ethyl adjacent to an activating group) is 1. The number of benzene rings is 1. The number of nitrogens with zero attached hydrogens (tertiary/aromatic N) is 2. The molecule has 6 heteroatoms. The van der Waals surface area contributed by atoms with Gasteiger partial charge in [-0.3, -0.25) is 10.1 Å². The average molecular weight is 286 g/mol. The summed E-state index contributed by atoms with van der Waals surface area (Å²) in [6.07, 6.45) is 2.14. The summed E-state index contributed by atoms with van der Waals surface area (Å²) in [5.41, 5.74) is 1.31. The molecule has 1 fully saturated rings. The fourth-order valence-electron chi connectivity index (χ4n) is 2.29. The monoisotopic (exact) mass is 285 g/mol. The number of halogens is 1. The molecule has 1 unspecified atom stereocenters. The van der Waals surface area contributed by atoms with Crippen molar-refractivity contribution >= 4 is 18.1 Å². The van der Waals surface area contributed by atoms with Gasteiger partial charge in [0, 0.05) is 31.3 Å². The zero-order valence-electron chi connectivity index (χ0n) is 11.0. The van der Waals surface area contributed by atoms with E-state index < -0.39 is 0 Å². The molecule has 1 N–H and O–H groups in total. The van der Waals surface area contributed by atoms with Crippen molar-refractivity contribution in [3.05, 3.63) is 39.9 Å². The van der Waals surface area contributed by atoms with Crippen LogP contribution in [0.3, 0.4) is 0 Å². The molecule has 1 aromatic carbocycles. The predicted molar refractivity (Wildman–Crippen MR) is 78.0 cm³/mol. The number of hydrogen-bond donors (Lipinski definition) is 1. The highest BCUT2D eigenvalue weighted by Gasteiger charge is 2.18. The van der Waals surface area contributed by atoms with E-state index in [1.807, 2.05) is 12.1 Å². The van der Waals surface area contributed by atoms with E-state index in [0.717, 1.165) is 31.6 Å². The molecule has 106 valence electrons. The molecule has 1 saturated heterocycles. The Morgan fingerprint density at radius 3 is 2.63 bits per heavy atom. The van der Waals surface area contributed by atoms with Crippen LogP contribution in [-0.2, 0) is 6.42 Å². The summed E-state index contributed by atoms with van der Waals surface area (Å²) in [5.74, 6) is 0. The standard InChI is InChI=1S/C13H19N3O2.ClH/c1-15(13-6-8-14-10-13)9-7-11-2-4-12(5-3-11)16(17)18;/h2-5,13-14H,6-10H2,1H3;1H. The van der Waals surface area contributed by atoms with Crippen LogP contribution in [0.25, 0.3) is 0 Å². The fraction of sp³-hybridized carbons (Fsp3) is 0.538. The van der Waals surface area contributed by atoms with Gasteiger partial charge in [-0.25, -0.2) is 0 Å². The van der Waals surface area contributed by atoms with Gasteiger partial charge in [-0.1, -0.05) is 12.1 Å². The van der Waals surface area contributed by atoms with Gasteiger partial charge >= 0.3 is 0 Å². The molecule has 0 radical (unpaired) electrons. The average Bonchev–Trinajstić information content (AvgIpc) is 2.90. The number of nitrogens with one attached hydrogen (secondary N) is 1. The van der Waals surface area contributed by atoms with E-state index in [1.54, 1.807) is 12.1 Å². The molecular formula is C13H20ClN3O2. The van der Waals surface area contributed by atoms with E-state index >= 15 is 0 Å². The van der Waals surface area contributed by atoms with Gasteiger partial charge in [0.25, 0.3) is 5.69 Å². The lowest BCUT2D eigenvalue weighted by atomic mass is 10.1. The summed E-state index contributed by atoms with van der Waals surface area (Å²) in [5, 5.41) is 13.9. The van der Waals surface area contributed by atoms with Crippen LogP contribution in [0.2, 0.25) is 0 Å². The van der Waals surface area contributed by atoms with Crippen molar-refractivity contribution in [3.63, 3.8) is 0 Å². The minimum Gasteiger partial charge on any atom is -0.315 e. The summed E-state index contributed by atoms with van der Waals surface area (Å²) in [6.45, 7) is 3.16. The van der Waals surface area contributed by atoms with Crippen molar-refractivity contribution < 1.29 is 4.92 Å². The lowest BCUT2D eigenvalue weighted by Crippen LogP contribution is -2.34. The SMILES string of the molecule is CN(CCc1ccc([N+](=O)[O-])cc1)C1CCNC1.Cl. The van der Waals surface area contributed by atoms with Crippen LogP contribution in [-0.4, -0.2) is 42.5 Å². The van der Waals surface area contributed by atoms with Crippen LogP contribution in [0, 0.1) is 10.1 Å². The molecule has 0 spiro atoms. The third-order valence-electron chi connectivity index (χ3n) is 3.56. The van der Waals surface area contributed by atoms with Crippen LogP contribution >= 0.6 is 12.4 Å². The highest BCUT2D eigenvalue weighted by atomic mass is 35.5. The Bertz CT molecular complexity index is 405. The zero-order chi connectivity index (χ0) is 13.0. The van der Waals surface area contributed by atoms with Crippen LogP contribution in [0.4, 0.5) is 5.69 Å². The molecule has 1 aromatic rings. The lowest BCUT2D eigenvalue weighted by Gasteiger charge is -2.23. The first-order chi connectivity index (χ1) is 8.66. The molecular weight excluding hydrogens is 266 g/mol. The summed E-state index contributed by atoms with van der Waals surface area (Å²) in [6, 6.07) is 7.47. The molecule has 0 saturated carbocycles. The number of nitro benzene ring substituents is 1. The Hall–Kier alpha value is -1.17. The summed E-state index contributed by atoms with van der Waals surface area (Å²) >= 11 is 0. The topological polar surface area (TPSA) is 58.4 Å². The largest absolute Gasteiger partial charge is 0.315 e. The third kappa shape index (κ3) is 4.45. The van der Waals surface area contributed by atoms with Gasteiger partial charge < -0.3 is 10.2 Å². The first-order valence-corrected chi connectivity index (χ1v) is 6.31. The molecule has 5 nitrogen and oxygen atoms in total. The van der Waals surface area contributed by atoms with E-state index in [-0.39, 0.29) is 23.0 Å². The van der Waals surface area contributed by atoms with E-state index in [4.69, 9.17) is 0 Å². The Balaban J connectivity index is 0.00000180. The zero-order valence-corrected chi connectivity index (χ0v) is 11.9. The normalized spacial score (nSPS) is 18.3. The molecule has 1 heterocycles. The second kappa shape index (κ2) is 7.43. The number of nitro groups is 1. The minimum absolute atomic E-state index is 0. The smallest absolute Gasteiger partial charge is 0.269 e. The molecule has 0 amide bonds. The molecule has 1 aliphatic rings. The lowest BCUT2D eigenvalue weighted by molar-refractivity contribution is -0.384. The van der Waals surface area contributed by atoms with Crippen molar-refractivity contribution in [3.8, 4) is 0 Å². The van der Waals surface area contributed by atoms with Gasteiger partial charge in [0.05, 0.1) is 4.92 Å². The first-order valence-electron chi connectivity index (χ1n) is 6.31. The Morgan fingerprint density at radius 1 is 1.42 bits per heavy atom. The number of hydrogen-bond acceptors (Lipinski definition) is 4. The maximum absolute atomic E-state index is 10.5. The van der Waals surface area contributed by atoms with E-state index in [2.05, 4.69) is 17.3 Å². The molecule has 0 bridgehead atoms.